The molecule has 1 aromatic heterocycles. The first-order valence-electron chi connectivity index (χ1n) is 6.90. The van der Waals surface area contributed by atoms with Crippen molar-refractivity contribution in [2.45, 2.75) is 58.4 Å². The molecule has 1 aliphatic rings. The fourth-order valence-electron chi connectivity index (χ4n) is 2.35. The molecule has 0 bridgehead atoms. The lowest BCUT2D eigenvalue weighted by atomic mass is 10.0. The maximum Gasteiger partial charge on any atom is 0.166 e. The number of carbonyl (C=O) groups excluding carboxylic acids is 1. The van der Waals surface area contributed by atoms with Crippen LogP contribution in [-0.4, -0.2) is 20.5 Å². The Morgan fingerprint density at radius 2 is 2.28 bits per heavy atom. The highest BCUT2D eigenvalue weighted by Gasteiger charge is 2.15. The Kier molecular flexibility index (Phi) is 4.67. The van der Waals surface area contributed by atoms with Gasteiger partial charge in [0, 0.05) is 6.54 Å². The molecule has 2 rings (SSSR count). The van der Waals surface area contributed by atoms with Crippen LogP contribution in [0.2, 0.25) is 0 Å². The summed E-state index contributed by atoms with van der Waals surface area (Å²) in [5.74, 6) is 1.02. The number of Topliss-reactive ketones (excluding diaryl/α,β-unsaturated/α-hetero) is 1. The second-order valence-corrected chi connectivity index (χ2v) is 4.83. The summed E-state index contributed by atoms with van der Waals surface area (Å²) in [5.41, 5.74) is 0.999. The fourth-order valence-corrected chi connectivity index (χ4v) is 2.35. The Hall–Kier alpha value is -1.45. The largest absolute Gasteiger partial charge is 0.294 e. The molecule has 0 saturated heterocycles. The average molecular weight is 247 g/mol. The number of hydrogen-bond donors (Lipinski definition) is 0. The molecular weight excluding hydrogens is 226 g/mol. The molecule has 4 heteroatoms. The van der Waals surface area contributed by atoms with Crippen LogP contribution >= 0.6 is 0 Å². The summed E-state index contributed by atoms with van der Waals surface area (Å²) in [5, 5.41) is 4.16. The van der Waals surface area contributed by atoms with E-state index < -0.39 is 0 Å². The van der Waals surface area contributed by atoms with Gasteiger partial charge in [0.05, 0.1) is 6.42 Å². The van der Waals surface area contributed by atoms with Crippen molar-refractivity contribution in [1.82, 2.24) is 14.8 Å². The number of aromatic nitrogens is 3. The van der Waals surface area contributed by atoms with Crippen LogP contribution in [0.15, 0.2) is 18.0 Å². The lowest BCUT2D eigenvalue weighted by Crippen LogP contribution is -2.13. The molecule has 0 spiro atoms. The molecule has 0 N–H and O–H groups in total. The van der Waals surface area contributed by atoms with E-state index in [4.69, 9.17) is 0 Å². The standard InChI is InChI=1S/C14H21N3O/c1-2-9-17-14(15-11-16-17)10-13(18)12-7-5-3-4-6-8-12/h7,11H,2-6,8-10H2,1H3. The second kappa shape index (κ2) is 6.47. The zero-order chi connectivity index (χ0) is 12.8. The summed E-state index contributed by atoms with van der Waals surface area (Å²) in [7, 11) is 0. The molecule has 98 valence electrons. The molecule has 0 unspecified atom stereocenters. The Morgan fingerprint density at radius 1 is 1.39 bits per heavy atom. The second-order valence-electron chi connectivity index (χ2n) is 4.83. The van der Waals surface area contributed by atoms with Gasteiger partial charge >= 0.3 is 0 Å². The lowest BCUT2D eigenvalue weighted by Gasteiger charge is -2.06. The van der Waals surface area contributed by atoms with E-state index >= 15 is 0 Å². The van der Waals surface area contributed by atoms with Gasteiger partial charge in [0.2, 0.25) is 0 Å². The van der Waals surface area contributed by atoms with Gasteiger partial charge in [-0.05, 0) is 37.7 Å². The third-order valence-corrected chi connectivity index (χ3v) is 3.35. The summed E-state index contributed by atoms with van der Waals surface area (Å²) >= 11 is 0. The molecule has 0 aliphatic heterocycles. The van der Waals surface area contributed by atoms with Crippen LogP contribution in [0.25, 0.3) is 0 Å². The molecule has 0 radical (unpaired) electrons. The van der Waals surface area contributed by atoms with Gasteiger partial charge in [-0.15, -0.1) is 0 Å². The van der Waals surface area contributed by atoms with Crippen LogP contribution in [0.3, 0.4) is 0 Å². The SMILES string of the molecule is CCCn1ncnc1CC(=O)C1=CCCCCC1. The van der Waals surface area contributed by atoms with Crippen LogP contribution in [0.4, 0.5) is 0 Å². The number of ketones is 1. The number of hydrogen-bond acceptors (Lipinski definition) is 3. The monoisotopic (exact) mass is 247 g/mol. The Morgan fingerprint density at radius 3 is 3.11 bits per heavy atom. The smallest absolute Gasteiger partial charge is 0.166 e. The van der Waals surface area contributed by atoms with Crippen molar-refractivity contribution < 1.29 is 4.79 Å². The van der Waals surface area contributed by atoms with E-state index in [0.717, 1.165) is 43.6 Å². The number of carbonyl (C=O) groups is 1. The van der Waals surface area contributed by atoms with Crippen molar-refractivity contribution in [2.24, 2.45) is 0 Å². The minimum absolute atomic E-state index is 0.224. The normalized spacial score (nSPS) is 16.2. The molecular formula is C14H21N3O. The van der Waals surface area contributed by atoms with Crippen molar-refractivity contribution in [3.8, 4) is 0 Å². The highest BCUT2D eigenvalue weighted by Crippen LogP contribution is 2.19. The van der Waals surface area contributed by atoms with E-state index in [0.29, 0.717) is 6.42 Å². The van der Waals surface area contributed by atoms with Crippen LogP contribution in [0.1, 0.15) is 51.3 Å². The topological polar surface area (TPSA) is 47.8 Å². The molecule has 0 aromatic carbocycles. The van der Waals surface area contributed by atoms with Crippen molar-refractivity contribution >= 4 is 5.78 Å². The van der Waals surface area contributed by atoms with Gasteiger partial charge in [0.15, 0.2) is 5.78 Å². The zero-order valence-electron chi connectivity index (χ0n) is 11.1. The van der Waals surface area contributed by atoms with E-state index in [1.54, 1.807) is 6.33 Å². The molecule has 1 aliphatic carbocycles. The van der Waals surface area contributed by atoms with Crippen LogP contribution in [0, 0.1) is 0 Å². The molecule has 1 aromatic rings. The van der Waals surface area contributed by atoms with E-state index in [1.165, 1.54) is 12.8 Å². The first kappa shape index (κ1) is 13.0. The lowest BCUT2D eigenvalue weighted by molar-refractivity contribution is -0.115. The Labute approximate surface area is 108 Å². The third kappa shape index (κ3) is 3.28. The highest BCUT2D eigenvalue weighted by molar-refractivity contribution is 5.96. The maximum absolute atomic E-state index is 12.2. The van der Waals surface area contributed by atoms with Crippen LogP contribution in [-0.2, 0) is 17.8 Å². The molecule has 0 saturated carbocycles. The molecule has 0 atom stereocenters. The van der Waals surface area contributed by atoms with Crippen molar-refractivity contribution in [1.29, 1.82) is 0 Å². The van der Waals surface area contributed by atoms with Gasteiger partial charge in [-0.25, -0.2) is 9.67 Å². The van der Waals surface area contributed by atoms with Crippen molar-refractivity contribution in [2.75, 3.05) is 0 Å². The maximum atomic E-state index is 12.2. The van der Waals surface area contributed by atoms with Crippen molar-refractivity contribution in [3.63, 3.8) is 0 Å². The quantitative estimate of drug-likeness (QED) is 0.803. The molecule has 0 amide bonds. The van der Waals surface area contributed by atoms with Gasteiger partial charge in [-0.2, -0.15) is 5.10 Å². The first-order valence-corrected chi connectivity index (χ1v) is 6.90. The number of nitrogens with zero attached hydrogens (tertiary/aromatic N) is 3. The summed E-state index contributed by atoms with van der Waals surface area (Å²) < 4.78 is 1.84. The molecule has 4 nitrogen and oxygen atoms in total. The van der Waals surface area contributed by atoms with Gasteiger partial charge in [0.1, 0.15) is 12.2 Å². The zero-order valence-corrected chi connectivity index (χ0v) is 11.1. The van der Waals surface area contributed by atoms with Gasteiger partial charge in [-0.1, -0.05) is 19.4 Å². The predicted octanol–water partition coefficient (Wildman–Crippen LogP) is 2.69. The number of rotatable bonds is 5. The fraction of sp³-hybridized carbons (Fsp3) is 0.643. The summed E-state index contributed by atoms with van der Waals surface area (Å²) in [6.45, 7) is 2.93. The van der Waals surface area contributed by atoms with Gasteiger partial charge in [0.25, 0.3) is 0 Å². The Bertz CT molecular complexity index is 434. The molecule has 18 heavy (non-hydrogen) atoms. The summed E-state index contributed by atoms with van der Waals surface area (Å²) in [4.78, 5) is 16.4. The van der Waals surface area contributed by atoms with Gasteiger partial charge in [-0.3, -0.25) is 4.79 Å². The van der Waals surface area contributed by atoms with E-state index in [1.807, 2.05) is 4.68 Å². The van der Waals surface area contributed by atoms with Crippen molar-refractivity contribution in [3.05, 3.63) is 23.8 Å². The summed E-state index contributed by atoms with van der Waals surface area (Å²) in [6, 6.07) is 0. The summed E-state index contributed by atoms with van der Waals surface area (Å²) in [6.07, 6.45) is 10.6. The van der Waals surface area contributed by atoms with E-state index in [2.05, 4.69) is 23.1 Å². The highest BCUT2D eigenvalue weighted by atomic mass is 16.1. The molecule has 0 fully saturated rings. The number of aryl methyl sites for hydroxylation is 1. The van der Waals surface area contributed by atoms with E-state index in [-0.39, 0.29) is 5.78 Å². The van der Waals surface area contributed by atoms with Crippen LogP contribution < -0.4 is 0 Å². The molecule has 1 heterocycles. The first-order chi connectivity index (χ1) is 8.81. The number of allylic oxidation sites excluding steroid dienone is 2. The van der Waals surface area contributed by atoms with Crippen LogP contribution in [0.5, 0.6) is 0 Å². The minimum Gasteiger partial charge on any atom is -0.294 e. The van der Waals surface area contributed by atoms with Gasteiger partial charge < -0.3 is 0 Å². The minimum atomic E-state index is 0.224. The Balaban J connectivity index is 2.01. The third-order valence-electron chi connectivity index (χ3n) is 3.35. The average Bonchev–Trinajstić information content (AvgIpc) is 2.66. The van der Waals surface area contributed by atoms with E-state index in [9.17, 15) is 4.79 Å². The predicted molar refractivity (Wildman–Crippen MR) is 70.2 cm³/mol.